The molecule has 1 aliphatic rings. The quantitative estimate of drug-likeness (QED) is 0.415. The van der Waals surface area contributed by atoms with Gasteiger partial charge in [-0.25, -0.2) is 0 Å². The summed E-state index contributed by atoms with van der Waals surface area (Å²) in [6, 6.07) is 11.2. The van der Waals surface area contributed by atoms with E-state index in [0.29, 0.717) is 27.8 Å². The molecule has 2 amide bonds. The molecule has 0 N–H and O–H groups in total. The van der Waals surface area contributed by atoms with E-state index in [1.807, 2.05) is 0 Å². The number of hydrogen-bond acceptors (Lipinski definition) is 5. The highest BCUT2D eigenvalue weighted by Crippen LogP contribution is 2.34. The highest BCUT2D eigenvalue weighted by Gasteiger charge is 2.36. The van der Waals surface area contributed by atoms with E-state index in [2.05, 4.69) is 0 Å². The van der Waals surface area contributed by atoms with E-state index in [0.717, 1.165) is 4.90 Å². The Kier molecular flexibility index (Phi) is 3.18. The van der Waals surface area contributed by atoms with Gasteiger partial charge in [-0.15, -0.1) is 0 Å². The van der Waals surface area contributed by atoms with Crippen molar-refractivity contribution in [3.8, 4) is 0 Å². The van der Waals surface area contributed by atoms with E-state index in [1.165, 1.54) is 6.07 Å². The third-order valence-electron chi connectivity index (χ3n) is 4.39. The number of furan rings is 1. The summed E-state index contributed by atoms with van der Waals surface area (Å²) < 4.78 is 5.56. The lowest BCUT2D eigenvalue weighted by Crippen LogP contribution is -2.29. The Morgan fingerprint density at radius 3 is 2.28 bits per heavy atom. The van der Waals surface area contributed by atoms with Gasteiger partial charge in [-0.3, -0.25) is 24.6 Å². The maximum Gasteiger partial charge on any atom is 0.312 e. The number of carbonyl (C=O) groups is 2. The van der Waals surface area contributed by atoms with Crippen LogP contribution >= 0.6 is 0 Å². The molecule has 0 fully saturated rings. The van der Waals surface area contributed by atoms with Crippen LogP contribution in [-0.2, 0) is 6.54 Å². The van der Waals surface area contributed by atoms with Crippen molar-refractivity contribution < 1.29 is 18.9 Å². The van der Waals surface area contributed by atoms with Gasteiger partial charge in [0.05, 0.1) is 22.6 Å². The summed E-state index contributed by atoms with van der Waals surface area (Å²) >= 11 is 0. The van der Waals surface area contributed by atoms with Gasteiger partial charge >= 0.3 is 5.69 Å². The number of nitro benzene ring substituents is 1. The molecule has 0 unspecified atom stereocenters. The molecule has 4 rings (SSSR count). The fourth-order valence-electron chi connectivity index (χ4n) is 3.16. The van der Waals surface area contributed by atoms with Crippen molar-refractivity contribution in [2.45, 2.75) is 13.5 Å². The minimum atomic E-state index is -0.517. The molecular formula is C18H12N2O5. The van der Waals surface area contributed by atoms with E-state index in [9.17, 15) is 19.7 Å². The molecule has 124 valence electrons. The number of fused-ring (bicyclic) bond motifs is 2. The molecule has 0 aliphatic carbocycles. The minimum absolute atomic E-state index is 0.00630. The number of rotatable bonds is 3. The van der Waals surface area contributed by atoms with Crippen LogP contribution < -0.4 is 0 Å². The topological polar surface area (TPSA) is 93.7 Å². The summed E-state index contributed by atoms with van der Waals surface area (Å²) in [5, 5.41) is 11.7. The maximum absolute atomic E-state index is 12.5. The second-order valence-corrected chi connectivity index (χ2v) is 5.79. The number of para-hydroxylation sites is 1. The normalized spacial score (nSPS) is 13.6. The van der Waals surface area contributed by atoms with Crippen molar-refractivity contribution in [1.82, 2.24) is 4.90 Å². The first-order valence-corrected chi connectivity index (χ1v) is 7.59. The highest BCUT2D eigenvalue weighted by molar-refractivity contribution is 6.21. The van der Waals surface area contributed by atoms with Crippen LogP contribution in [0.4, 0.5) is 5.69 Å². The van der Waals surface area contributed by atoms with Crippen LogP contribution in [0.2, 0.25) is 0 Å². The monoisotopic (exact) mass is 336 g/mol. The third kappa shape index (κ3) is 2.13. The van der Waals surface area contributed by atoms with E-state index >= 15 is 0 Å². The molecule has 0 atom stereocenters. The Balaban J connectivity index is 1.79. The first kappa shape index (κ1) is 15.1. The Morgan fingerprint density at radius 2 is 1.68 bits per heavy atom. The number of nitrogens with zero attached hydrogens (tertiary/aromatic N) is 2. The van der Waals surface area contributed by atoms with E-state index < -0.39 is 4.92 Å². The van der Waals surface area contributed by atoms with Gasteiger partial charge in [-0.1, -0.05) is 24.3 Å². The van der Waals surface area contributed by atoms with Crippen molar-refractivity contribution in [1.29, 1.82) is 0 Å². The maximum atomic E-state index is 12.5. The van der Waals surface area contributed by atoms with Crippen molar-refractivity contribution in [3.05, 3.63) is 75.0 Å². The number of non-ortho nitro benzene ring substituents is 1. The number of hydrogen-bond donors (Lipinski definition) is 0. The van der Waals surface area contributed by atoms with Crippen LogP contribution in [0.1, 0.15) is 32.0 Å². The lowest BCUT2D eigenvalue weighted by atomic mass is 10.1. The SMILES string of the molecule is Cc1oc2c([N+](=O)[O-])cccc2c1CN1C(=O)c2ccccc2C1=O. The second-order valence-electron chi connectivity index (χ2n) is 5.79. The Hall–Kier alpha value is -3.48. The molecule has 0 spiro atoms. The van der Waals surface area contributed by atoms with Crippen LogP contribution in [-0.4, -0.2) is 21.6 Å². The Labute approximate surface area is 141 Å². The van der Waals surface area contributed by atoms with Crippen molar-refractivity contribution in [3.63, 3.8) is 0 Å². The number of carbonyl (C=O) groups excluding carboxylic acids is 2. The number of benzene rings is 2. The molecule has 7 heteroatoms. The molecule has 0 saturated heterocycles. The van der Waals surface area contributed by atoms with Crippen LogP contribution in [0.5, 0.6) is 0 Å². The fourth-order valence-corrected chi connectivity index (χ4v) is 3.16. The zero-order chi connectivity index (χ0) is 17.7. The number of nitro groups is 1. The van der Waals surface area contributed by atoms with E-state index in [4.69, 9.17) is 4.42 Å². The standard InChI is InChI=1S/C18H12N2O5/c1-10-14(11-7-4-8-15(20(23)24)16(11)25-10)9-19-17(21)12-5-2-3-6-13(12)18(19)22/h2-8H,9H2,1H3. The average molecular weight is 336 g/mol. The minimum Gasteiger partial charge on any atom is -0.454 e. The summed E-state index contributed by atoms with van der Waals surface area (Å²) in [6.45, 7) is 1.67. The van der Waals surface area contributed by atoms with Gasteiger partial charge in [0.25, 0.3) is 11.8 Å². The van der Waals surface area contributed by atoms with Crippen LogP contribution in [0.25, 0.3) is 11.0 Å². The van der Waals surface area contributed by atoms with Gasteiger partial charge in [0.1, 0.15) is 5.76 Å². The number of imide groups is 1. The van der Waals surface area contributed by atoms with Gasteiger partial charge in [0.2, 0.25) is 5.58 Å². The zero-order valence-electron chi connectivity index (χ0n) is 13.2. The smallest absolute Gasteiger partial charge is 0.312 e. The first-order chi connectivity index (χ1) is 12.0. The van der Waals surface area contributed by atoms with Crippen LogP contribution in [0.15, 0.2) is 46.9 Å². The summed E-state index contributed by atoms with van der Waals surface area (Å²) in [6.07, 6.45) is 0. The molecule has 0 bridgehead atoms. The molecule has 1 aromatic heterocycles. The van der Waals surface area contributed by atoms with Gasteiger partial charge in [-0.2, -0.15) is 0 Å². The Bertz CT molecular complexity index is 1030. The predicted molar refractivity (Wildman–Crippen MR) is 88.3 cm³/mol. The van der Waals surface area contributed by atoms with Gasteiger partial charge in [0.15, 0.2) is 0 Å². The third-order valence-corrected chi connectivity index (χ3v) is 4.39. The molecule has 7 nitrogen and oxygen atoms in total. The van der Waals surface area contributed by atoms with Crippen LogP contribution in [0.3, 0.4) is 0 Å². The molecule has 25 heavy (non-hydrogen) atoms. The van der Waals surface area contributed by atoms with Gasteiger partial charge in [0, 0.05) is 17.0 Å². The van der Waals surface area contributed by atoms with Crippen molar-refractivity contribution in [2.75, 3.05) is 0 Å². The molecular weight excluding hydrogens is 324 g/mol. The zero-order valence-corrected chi connectivity index (χ0v) is 13.2. The van der Waals surface area contributed by atoms with Gasteiger partial charge < -0.3 is 4.42 Å². The van der Waals surface area contributed by atoms with Crippen molar-refractivity contribution >= 4 is 28.5 Å². The molecule has 2 aromatic carbocycles. The molecule has 3 aromatic rings. The highest BCUT2D eigenvalue weighted by atomic mass is 16.6. The summed E-state index contributed by atoms with van der Waals surface area (Å²) in [4.78, 5) is 36.8. The lowest BCUT2D eigenvalue weighted by Gasteiger charge is -2.13. The van der Waals surface area contributed by atoms with Crippen LogP contribution in [0, 0.1) is 17.0 Å². The first-order valence-electron chi connectivity index (χ1n) is 7.59. The largest absolute Gasteiger partial charge is 0.454 e. The molecule has 1 aliphatic heterocycles. The lowest BCUT2D eigenvalue weighted by molar-refractivity contribution is -0.383. The average Bonchev–Trinajstić information content (AvgIpc) is 3.04. The second kappa shape index (κ2) is 5.27. The van der Waals surface area contributed by atoms with Crippen molar-refractivity contribution in [2.24, 2.45) is 0 Å². The van der Waals surface area contributed by atoms with Gasteiger partial charge in [-0.05, 0) is 19.1 Å². The van der Waals surface area contributed by atoms with E-state index in [1.54, 1.807) is 43.3 Å². The molecule has 0 saturated carbocycles. The molecule has 2 heterocycles. The Morgan fingerprint density at radius 1 is 1.04 bits per heavy atom. The summed E-state index contributed by atoms with van der Waals surface area (Å²) in [5.74, 6) is -0.305. The summed E-state index contributed by atoms with van der Waals surface area (Å²) in [5.41, 5.74) is 1.33. The molecule has 0 radical (unpaired) electrons. The number of amides is 2. The predicted octanol–water partition coefficient (Wildman–Crippen LogP) is 3.45. The fraction of sp³-hybridized carbons (Fsp3) is 0.111. The summed E-state index contributed by atoms with van der Waals surface area (Å²) in [7, 11) is 0. The number of aryl methyl sites for hydroxylation is 1. The van der Waals surface area contributed by atoms with E-state index in [-0.39, 0.29) is 29.6 Å².